The molecule has 22 heavy (non-hydrogen) atoms. The van der Waals surface area contributed by atoms with Gasteiger partial charge in [-0.1, -0.05) is 17.7 Å². The van der Waals surface area contributed by atoms with E-state index in [1.165, 1.54) is 0 Å². The quantitative estimate of drug-likeness (QED) is 0.807. The summed E-state index contributed by atoms with van der Waals surface area (Å²) in [5.41, 5.74) is -0.818. The first-order valence-electron chi connectivity index (χ1n) is 7.59. The lowest BCUT2D eigenvalue weighted by Crippen LogP contribution is -2.45. The van der Waals surface area contributed by atoms with E-state index in [4.69, 9.17) is 16.3 Å². The van der Waals surface area contributed by atoms with Gasteiger partial charge in [0.2, 0.25) is 0 Å². The molecule has 1 aromatic heterocycles. The van der Waals surface area contributed by atoms with Crippen molar-refractivity contribution in [1.82, 2.24) is 9.88 Å². The van der Waals surface area contributed by atoms with Crippen molar-refractivity contribution in [3.8, 4) is 0 Å². The maximum absolute atomic E-state index is 12.5. The Balaban J connectivity index is 1.64. The Bertz CT molecular complexity index is 642. The van der Waals surface area contributed by atoms with E-state index in [9.17, 15) is 9.90 Å². The summed E-state index contributed by atoms with van der Waals surface area (Å²) in [6.45, 7) is 5.56. The molecule has 5 nitrogen and oxygen atoms in total. The van der Waals surface area contributed by atoms with Crippen LogP contribution in [0.2, 0.25) is 5.15 Å². The lowest BCUT2D eigenvalue weighted by Gasteiger charge is -2.32. The van der Waals surface area contributed by atoms with Crippen LogP contribution in [0, 0.1) is 11.8 Å². The average molecular weight is 323 g/mol. The smallest absolute Gasteiger partial charge is 0.410 e. The molecule has 4 fully saturated rings. The van der Waals surface area contributed by atoms with Crippen molar-refractivity contribution < 1.29 is 14.6 Å². The third-order valence-corrected chi connectivity index (χ3v) is 5.31. The molecule has 2 aliphatic carbocycles. The zero-order valence-electron chi connectivity index (χ0n) is 12.8. The zero-order chi connectivity index (χ0) is 15.9. The van der Waals surface area contributed by atoms with Gasteiger partial charge in [-0.3, -0.25) is 4.90 Å². The first kappa shape index (κ1) is 14.3. The highest BCUT2D eigenvalue weighted by Gasteiger charge is 2.81. The van der Waals surface area contributed by atoms with Crippen molar-refractivity contribution in [3.63, 3.8) is 0 Å². The summed E-state index contributed by atoms with van der Waals surface area (Å²) in [7, 11) is 0. The van der Waals surface area contributed by atoms with Crippen LogP contribution in [0.5, 0.6) is 0 Å². The van der Waals surface area contributed by atoms with Gasteiger partial charge in [0.05, 0.1) is 6.04 Å². The molecule has 3 heterocycles. The van der Waals surface area contributed by atoms with Gasteiger partial charge in [0.1, 0.15) is 16.4 Å². The maximum atomic E-state index is 12.5. The summed E-state index contributed by atoms with van der Waals surface area (Å²) in [4.78, 5) is 18.3. The fourth-order valence-electron chi connectivity index (χ4n) is 4.36. The number of rotatable bonds is 1. The number of piperidine rings is 2. The summed E-state index contributed by atoms with van der Waals surface area (Å²) in [5, 5.41) is 11.7. The summed E-state index contributed by atoms with van der Waals surface area (Å²) in [6, 6.07) is 3.35. The van der Waals surface area contributed by atoms with Crippen molar-refractivity contribution >= 4 is 17.7 Å². The maximum Gasteiger partial charge on any atom is 0.410 e. The average Bonchev–Trinajstić information content (AvgIpc) is 2.73. The number of carbonyl (C=O) groups is 1. The van der Waals surface area contributed by atoms with Crippen LogP contribution in [0.4, 0.5) is 4.79 Å². The third kappa shape index (κ3) is 1.75. The Labute approximate surface area is 134 Å². The van der Waals surface area contributed by atoms with E-state index in [0.29, 0.717) is 11.1 Å². The molecule has 6 heteroatoms. The van der Waals surface area contributed by atoms with Crippen LogP contribution in [0.3, 0.4) is 0 Å². The SMILES string of the molecule is CC(C)(C)OC(=O)N1[C@H]2C3C[C@@H]1[C@@](O)(c1ccc(Cl)nc1)C32. The number of halogens is 1. The predicted molar refractivity (Wildman–Crippen MR) is 80.4 cm³/mol. The molecule has 1 amide bonds. The second kappa shape index (κ2) is 4.15. The van der Waals surface area contributed by atoms with E-state index < -0.39 is 11.2 Å². The second-order valence-corrected chi connectivity index (χ2v) is 7.90. The molecule has 0 radical (unpaired) electrons. The van der Waals surface area contributed by atoms with Gasteiger partial charge in [0.15, 0.2) is 0 Å². The van der Waals surface area contributed by atoms with Gasteiger partial charge in [-0.25, -0.2) is 9.78 Å². The van der Waals surface area contributed by atoms with Crippen LogP contribution in [0.25, 0.3) is 0 Å². The minimum absolute atomic E-state index is 0.0907. The molecule has 5 rings (SSSR count). The van der Waals surface area contributed by atoms with E-state index in [-0.39, 0.29) is 24.1 Å². The van der Waals surface area contributed by atoms with Crippen molar-refractivity contribution in [1.29, 1.82) is 0 Å². The molecule has 2 saturated carbocycles. The van der Waals surface area contributed by atoms with Crippen LogP contribution in [0.15, 0.2) is 18.3 Å². The molecule has 118 valence electrons. The summed E-state index contributed by atoms with van der Waals surface area (Å²) >= 11 is 5.83. The Morgan fingerprint density at radius 3 is 2.77 bits per heavy atom. The molecule has 0 aromatic carbocycles. The number of aromatic nitrogens is 1. The first-order chi connectivity index (χ1) is 10.2. The predicted octanol–water partition coefficient (Wildman–Crippen LogP) is 2.56. The number of amides is 1. The lowest BCUT2D eigenvalue weighted by atomic mass is 9.88. The number of ether oxygens (including phenoxy) is 1. The van der Waals surface area contributed by atoms with Gasteiger partial charge in [0, 0.05) is 23.7 Å². The van der Waals surface area contributed by atoms with Crippen molar-refractivity contribution in [2.75, 3.05) is 0 Å². The minimum atomic E-state index is -1.02. The molecule has 0 spiro atoms. The fraction of sp³-hybridized carbons (Fsp3) is 0.625. The Kier molecular flexibility index (Phi) is 2.69. The lowest BCUT2D eigenvalue weighted by molar-refractivity contribution is -0.0185. The molecular formula is C16H19ClN2O3. The fourth-order valence-corrected chi connectivity index (χ4v) is 4.47. The van der Waals surface area contributed by atoms with E-state index >= 15 is 0 Å². The number of nitrogens with zero attached hydrogens (tertiary/aromatic N) is 2. The normalized spacial score (nSPS) is 38.3. The van der Waals surface area contributed by atoms with Crippen LogP contribution >= 0.6 is 11.6 Å². The molecule has 5 atom stereocenters. The van der Waals surface area contributed by atoms with Gasteiger partial charge < -0.3 is 9.84 Å². The number of hydrogen-bond donors (Lipinski definition) is 1. The zero-order valence-corrected chi connectivity index (χ0v) is 13.5. The Morgan fingerprint density at radius 2 is 2.23 bits per heavy atom. The minimum Gasteiger partial charge on any atom is -0.444 e. The topological polar surface area (TPSA) is 62.7 Å². The van der Waals surface area contributed by atoms with E-state index in [0.717, 1.165) is 12.0 Å². The summed E-state index contributed by atoms with van der Waals surface area (Å²) < 4.78 is 5.50. The standard InChI is InChI=1S/C16H19ClN2O3/c1-15(2,3)22-14(20)19-10-6-9-12(13(9)19)16(10,21)8-4-5-11(17)18-7-8/h4-5,7,9-10,12-13,21H,6H2,1-3H3/t9?,10-,12?,13+,16+/m1/s1. The third-order valence-electron chi connectivity index (χ3n) is 5.09. The Morgan fingerprint density at radius 1 is 1.50 bits per heavy atom. The number of carbonyl (C=O) groups excluding carboxylic acids is 1. The molecule has 4 aliphatic rings. The van der Waals surface area contributed by atoms with Crippen LogP contribution in [-0.4, -0.2) is 38.8 Å². The second-order valence-electron chi connectivity index (χ2n) is 7.51. The highest BCUT2D eigenvalue weighted by molar-refractivity contribution is 6.29. The Hall–Kier alpha value is -1.33. The number of hydrogen-bond acceptors (Lipinski definition) is 4. The molecule has 1 N–H and O–H groups in total. The number of aliphatic hydroxyl groups is 1. The van der Waals surface area contributed by atoms with Gasteiger partial charge in [0.25, 0.3) is 0 Å². The number of pyridine rings is 1. The molecular weight excluding hydrogens is 304 g/mol. The molecule has 2 unspecified atom stereocenters. The van der Waals surface area contributed by atoms with Gasteiger partial charge in [-0.05, 0) is 39.2 Å². The van der Waals surface area contributed by atoms with Gasteiger partial charge in [-0.2, -0.15) is 0 Å². The van der Waals surface area contributed by atoms with Crippen LogP contribution < -0.4 is 0 Å². The molecule has 4 bridgehead atoms. The van der Waals surface area contributed by atoms with Crippen molar-refractivity contribution in [3.05, 3.63) is 29.0 Å². The van der Waals surface area contributed by atoms with Crippen LogP contribution in [0.1, 0.15) is 32.8 Å². The first-order valence-corrected chi connectivity index (χ1v) is 7.97. The summed E-state index contributed by atoms with van der Waals surface area (Å²) in [5.74, 6) is 0.464. The largest absolute Gasteiger partial charge is 0.444 e. The van der Waals surface area contributed by atoms with E-state index in [2.05, 4.69) is 4.98 Å². The van der Waals surface area contributed by atoms with E-state index in [1.54, 1.807) is 23.2 Å². The van der Waals surface area contributed by atoms with Gasteiger partial charge >= 0.3 is 6.09 Å². The molecule has 2 aliphatic heterocycles. The summed E-state index contributed by atoms with van der Waals surface area (Å²) in [6.07, 6.45) is 2.12. The van der Waals surface area contributed by atoms with Crippen molar-refractivity contribution in [2.45, 2.75) is 50.5 Å². The molecule has 2 saturated heterocycles. The van der Waals surface area contributed by atoms with Gasteiger partial charge in [-0.15, -0.1) is 0 Å². The van der Waals surface area contributed by atoms with Crippen molar-refractivity contribution in [2.24, 2.45) is 11.8 Å². The van der Waals surface area contributed by atoms with Crippen LogP contribution in [-0.2, 0) is 10.3 Å². The monoisotopic (exact) mass is 322 g/mol. The van der Waals surface area contributed by atoms with E-state index in [1.807, 2.05) is 20.8 Å². The highest BCUT2D eigenvalue weighted by atomic mass is 35.5. The molecule has 1 aromatic rings. The highest BCUT2D eigenvalue weighted by Crippen LogP contribution is 2.71.